The summed E-state index contributed by atoms with van der Waals surface area (Å²) in [7, 11) is 1.59. The minimum absolute atomic E-state index is 0.0591. The Labute approximate surface area is 144 Å². The Morgan fingerprint density at radius 2 is 2.00 bits per heavy atom. The molecule has 1 aliphatic heterocycles. The maximum Gasteiger partial charge on any atom is 0.254 e. The molecule has 1 aliphatic rings. The van der Waals surface area contributed by atoms with Crippen molar-refractivity contribution < 1.29 is 18.4 Å². The number of rotatable bonds is 3. The van der Waals surface area contributed by atoms with Crippen molar-refractivity contribution in [3.63, 3.8) is 0 Å². The second-order valence-corrected chi connectivity index (χ2v) is 6.08. The Morgan fingerprint density at radius 1 is 1.24 bits per heavy atom. The topological polar surface area (TPSA) is 49.4 Å². The van der Waals surface area contributed by atoms with E-state index in [1.54, 1.807) is 19.2 Å². The van der Waals surface area contributed by atoms with E-state index in [9.17, 15) is 18.4 Å². The van der Waals surface area contributed by atoms with E-state index in [1.807, 2.05) is 12.1 Å². The first-order valence-corrected chi connectivity index (χ1v) is 8.04. The lowest BCUT2D eigenvalue weighted by molar-refractivity contribution is -0.125. The molecule has 0 aromatic heterocycles. The Bertz CT molecular complexity index is 823. The highest BCUT2D eigenvalue weighted by atomic mass is 19.1. The number of likely N-dealkylation sites (N-methyl/N-ethyl adjacent to an activating group) is 1. The highest BCUT2D eigenvalue weighted by Gasteiger charge is 2.31. The zero-order valence-electron chi connectivity index (χ0n) is 13.8. The van der Waals surface area contributed by atoms with Gasteiger partial charge in [-0.2, -0.15) is 0 Å². The van der Waals surface area contributed by atoms with Gasteiger partial charge in [-0.3, -0.25) is 9.59 Å². The Balaban J connectivity index is 1.71. The third kappa shape index (κ3) is 3.52. The van der Waals surface area contributed by atoms with E-state index in [2.05, 4.69) is 5.32 Å². The third-order valence-electron chi connectivity index (χ3n) is 4.49. The molecule has 0 aliphatic carbocycles. The van der Waals surface area contributed by atoms with Crippen LogP contribution in [0.25, 0.3) is 0 Å². The highest BCUT2D eigenvalue weighted by Crippen LogP contribution is 2.21. The average molecular weight is 344 g/mol. The molecule has 3 rings (SSSR count). The lowest BCUT2D eigenvalue weighted by Gasteiger charge is -2.25. The number of halogens is 2. The van der Waals surface area contributed by atoms with E-state index in [0.717, 1.165) is 17.7 Å². The van der Waals surface area contributed by atoms with Crippen LogP contribution in [-0.4, -0.2) is 29.8 Å². The Morgan fingerprint density at radius 3 is 2.76 bits per heavy atom. The van der Waals surface area contributed by atoms with Gasteiger partial charge in [0.25, 0.3) is 5.91 Å². The zero-order valence-corrected chi connectivity index (χ0v) is 13.8. The Kier molecular flexibility index (Phi) is 4.79. The zero-order chi connectivity index (χ0) is 18.0. The van der Waals surface area contributed by atoms with Gasteiger partial charge < -0.3 is 10.2 Å². The number of carbonyl (C=O) groups excluding carboxylic acids is 2. The van der Waals surface area contributed by atoms with E-state index >= 15 is 0 Å². The minimum atomic E-state index is -0.710. The maximum atomic E-state index is 13.7. The number of amides is 2. The summed E-state index contributed by atoms with van der Waals surface area (Å²) in [5.74, 6) is -1.94. The predicted molar refractivity (Wildman–Crippen MR) is 88.8 cm³/mol. The van der Waals surface area contributed by atoms with Gasteiger partial charge in [0.1, 0.15) is 17.7 Å². The number of nitrogens with zero attached hydrogens (tertiary/aromatic N) is 1. The van der Waals surface area contributed by atoms with Crippen molar-refractivity contribution in [1.29, 1.82) is 0 Å². The van der Waals surface area contributed by atoms with Gasteiger partial charge in [0.05, 0.1) is 0 Å². The Hall–Kier alpha value is -2.76. The van der Waals surface area contributed by atoms with Crippen LogP contribution in [0.4, 0.5) is 8.78 Å². The van der Waals surface area contributed by atoms with Crippen LogP contribution in [0.1, 0.15) is 27.9 Å². The van der Waals surface area contributed by atoms with Crippen LogP contribution in [0, 0.1) is 11.6 Å². The summed E-state index contributed by atoms with van der Waals surface area (Å²) in [5.41, 5.74) is 1.71. The van der Waals surface area contributed by atoms with Crippen molar-refractivity contribution in [3.8, 4) is 0 Å². The summed E-state index contributed by atoms with van der Waals surface area (Å²) < 4.78 is 26.6. The smallest absolute Gasteiger partial charge is 0.254 e. The number of hydrogen-bond donors (Lipinski definition) is 1. The van der Waals surface area contributed by atoms with Gasteiger partial charge in [-0.15, -0.1) is 0 Å². The highest BCUT2D eigenvalue weighted by molar-refractivity contribution is 5.99. The second-order valence-electron chi connectivity index (χ2n) is 6.08. The predicted octanol–water partition coefficient (Wildman–Crippen LogP) is 2.67. The number of hydrogen-bond acceptors (Lipinski definition) is 2. The van der Waals surface area contributed by atoms with Crippen LogP contribution >= 0.6 is 0 Å². The summed E-state index contributed by atoms with van der Waals surface area (Å²) in [6, 6.07) is 9.87. The fourth-order valence-electron chi connectivity index (χ4n) is 3.04. The summed E-state index contributed by atoms with van der Waals surface area (Å²) in [6.07, 6.45) is 1.09. The van der Waals surface area contributed by atoms with Gasteiger partial charge in [0, 0.05) is 30.8 Å². The van der Waals surface area contributed by atoms with Crippen LogP contribution in [0.5, 0.6) is 0 Å². The van der Waals surface area contributed by atoms with E-state index in [0.29, 0.717) is 18.4 Å². The molecule has 2 aromatic rings. The van der Waals surface area contributed by atoms with Crippen LogP contribution in [0.2, 0.25) is 0 Å². The van der Waals surface area contributed by atoms with Crippen LogP contribution in [-0.2, 0) is 17.8 Å². The molecular weight excluding hydrogens is 326 g/mol. The molecule has 25 heavy (non-hydrogen) atoms. The van der Waals surface area contributed by atoms with Crippen molar-refractivity contribution in [3.05, 3.63) is 70.8 Å². The molecule has 0 saturated carbocycles. The van der Waals surface area contributed by atoms with Gasteiger partial charge in [0.2, 0.25) is 5.91 Å². The number of nitrogens with one attached hydrogen (secondary N) is 1. The standard InChI is InChI=1S/C19H18F2N2O2/c1-23-17(9-7-12-4-2-3-5-15(12)19(23)25)18(24)22-11-13-6-8-14(20)10-16(13)21/h2-6,8,10,17H,7,9,11H2,1H3,(H,22,24). The number of fused-ring (bicyclic) bond motifs is 1. The van der Waals surface area contributed by atoms with Crippen LogP contribution in [0.15, 0.2) is 42.5 Å². The molecule has 1 unspecified atom stereocenters. The summed E-state index contributed by atoms with van der Waals surface area (Å²) in [4.78, 5) is 26.5. The monoisotopic (exact) mass is 344 g/mol. The molecule has 2 aromatic carbocycles. The molecule has 1 N–H and O–H groups in total. The molecule has 1 heterocycles. The van der Waals surface area contributed by atoms with E-state index in [1.165, 1.54) is 11.0 Å². The van der Waals surface area contributed by atoms with E-state index in [4.69, 9.17) is 0 Å². The van der Waals surface area contributed by atoms with E-state index in [-0.39, 0.29) is 23.9 Å². The average Bonchev–Trinajstić information content (AvgIpc) is 2.72. The van der Waals surface area contributed by atoms with Crippen molar-refractivity contribution in [2.45, 2.75) is 25.4 Å². The number of aryl methyl sites for hydroxylation is 1. The van der Waals surface area contributed by atoms with Crippen molar-refractivity contribution >= 4 is 11.8 Å². The molecule has 0 saturated heterocycles. The van der Waals surface area contributed by atoms with Gasteiger partial charge in [-0.25, -0.2) is 8.78 Å². The number of benzene rings is 2. The molecule has 130 valence electrons. The van der Waals surface area contributed by atoms with Gasteiger partial charge >= 0.3 is 0 Å². The lowest BCUT2D eigenvalue weighted by atomic mass is 10.0. The van der Waals surface area contributed by atoms with Crippen molar-refractivity contribution in [2.75, 3.05) is 7.05 Å². The van der Waals surface area contributed by atoms with Crippen LogP contribution in [0.3, 0.4) is 0 Å². The van der Waals surface area contributed by atoms with E-state index < -0.39 is 17.7 Å². The molecule has 4 nitrogen and oxygen atoms in total. The van der Waals surface area contributed by atoms with Crippen LogP contribution < -0.4 is 5.32 Å². The first-order valence-electron chi connectivity index (χ1n) is 8.04. The van der Waals surface area contributed by atoms with Gasteiger partial charge in [-0.1, -0.05) is 24.3 Å². The molecule has 2 amide bonds. The summed E-state index contributed by atoms with van der Waals surface area (Å²) in [6.45, 7) is -0.0591. The molecule has 0 bridgehead atoms. The van der Waals surface area contributed by atoms with Gasteiger partial charge in [0.15, 0.2) is 0 Å². The summed E-state index contributed by atoms with van der Waals surface area (Å²) in [5, 5.41) is 2.64. The normalized spacial score (nSPS) is 17.0. The summed E-state index contributed by atoms with van der Waals surface area (Å²) >= 11 is 0. The second kappa shape index (κ2) is 7.01. The largest absolute Gasteiger partial charge is 0.350 e. The third-order valence-corrected chi connectivity index (χ3v) is 4.49. The quantitative estimate of drug-likeness (QED) is 0.931. The molecule has 0 radical (unpaired) electrons. The minimum Gasteiger partial charge on any atom is -0.350 e. The fraction of sp³-hybridized carbons (Fsp3) is 0.263. The lowest BCUT2D eigenvalue weighted by Crippen LogP contribution is -2.46. The maximum absolute atomic E-state index is 13.7. The molecule has 6 heteroatoms. The number of carbonyl (C=O) groups is 2. The SMILES string of the molecule is CN1C(=O)c2ccccc2CCC1C(=O)NCc1ccc(F)cc1F. The molecule has 0 fully saturated rings. The van der Waals surface area contributed by atoms with Crippen molar-refractivity contribution in [2.24, 2.45) is 0 Å². The first-order chi connectivity index (χ1) is 12.0. The molecule has 0 spiro atoms. The molecular formula is C19H18F2N2O2. The fourth-order valence-corrected chi connectivity index (χ4v) is 3.04. The van der Waals surface area contributed by atoms with Gasteiger partial charge in [-0.05, 0) is 30.5 Å². The first kappa shape index (κ1) is 17.1. The van der Waals surface area contributed by atoms with Crippen molar-refractivity contribution in [1.82, 2.24) is 10.2 Å². The molecule has 1 atom stereocenters.